The first-order valence-electron chi connectivity index (χ1n) is 3.75. The Kier molecular flexibility index (Phi) is 3.42. The van der Waals surface area contributed by atoms with Crippen LogP contribution < -0.4 is 0 Å². The molecule has 0 spiro atoms. The van der Waals surface area contributed by atoms with Crippen molar-refractivity contribution in [3.05, 3.63) is 28.0 Å². The first-order valence-corrected chi connectivity index (χ1v) is 4.55. The second kappa shape index (κ2) is 4.37. The van der Waals surface area contributed by atoms with E-state index in [9.17, 15) is 14.3 Å². The fourth-order valence-electron chi connectivity index (χ4n) is 1.02. The minimum absolute atomic E-state index is 0.281. The van der Waals surface area contributed by atoms with Crippen LogP contribution in [0.4, 0.5) is 4.39 Å². The number of carbonyl (C=O) groups is 1. The molecule has 0 aliphatic heterocycles. The summed E-state index contributed by atoms with van der Waals surface area (Å²) in [5.41, 5.74) is 0.443. The maximum atomic E-state index is 12.9. The van der Waals surface area contributed by atoms with Gasteiger partial charge in [0, 0.05) is 10.9 Å². The highest BCUT2D eigenvalue weighted by Crippen LogP contribution is 2.26. The smallest absolute Gasteiger partial charge is 0.166 e. The van der Waals surface area contributed by atoms with Crippen LogP contribution in [-0.4, -0.2) is 11.4 Å². The molecule has 0 fully saturated rings. The van der Waals surface area contributed by atoms with Gasteiger partial charge >= 0.3 is 0 Å². The first-order chi connectivity index (χ1) is 6.15. The normalized spacial score (nSPS) is 10.0. The Morgan fingerprint density at radius 2 is 2.23 bits per heavy atom. The van der Waals surface area contributed by atoms with Crippen LogP contribution in [0.3, 0.4) is 0 Å². The van der Waals surface area contributed by atoms with Crippen molar-refractivity contribution in [1.29, 1.82) is 0 Å². The third kappa shape index (κ3) is 2.52. The lowest BCUT2D eigenvalue weighted by Gasteiger charge is -2.03. The van der Waals surface area contributed by atoms with Crippen LogP contribution in [0, 0.1) is 5.82 Å². The maximum Gasteiger partial charge on any atom is 0.166 e. The molecule has 0 amide bonds. The standard InChI is InChI=1S/C9H8BrFO2/c10-7-4-6(2-1-3-12)9(13)8(11)5-7/h3-5,13H,1-2H2. The van der Waals surface area contributed by atoms with Gasteiger partial charge in [0.2, 0.25) is 0 Å². The highest BCUT2D eigenvalue weighted by molar-refractivity contribution is 9.10. The SMILES string of the molecule is O=CCCc1cc(Br)cc(F)c1O. The summed E-state index contributed by atoms with van der Waals surface area (Å²) in [6, 6.07) is 2.78. The van der Waals surface area contributed by atoms with Crippen molar-refractivity contribution in [2.45, 2.75) is 12.8 Å². The lowest BCUT2D eigenvalue weighted by molar-refractivity contribution is -0.107. The monoisotopic (exact) mass is 246 g/mol. The molecule has 0 heterocycles. The second-order valence-corrected chi connectivity index (χ2v) is 3.52. The van der Waals surface area contributed by atoms with E-state index >= 15 is 0 Å². The Labute approximate surface area is 83.5 Å². The van der Waals surface area contributed by atoms with Gasteiger partial charge in [-0.25, -0.2) is 4.39 Å². The third-order valence-corrected chi connectivity index (χ3v) is 2.10. The number of hydrogen-bond acceptors (Lipinski definition) is 2. The van der Waals surface area contributed by atoms with E-state index in [4.69, 9.17) is 0 Å². The van der Waals surface area contributed by atoms with Gasteiger partial charge in [0.1, 0.15) is 6.29 Å². The van der Waals surface area contributed by atoms with E-state index in [2.05, 4.69) is 15.9 Å². The molecule has 0 bridgehead atoms. The van der Waals surface area contributed by atoms with E-state index in [0.717, 1.165) is 6.29 Å². The number of phenols is 1. The van der Waals surface area contributed by atoms with Gasteiger partial charge in [-0.15, -0.1) is 0 Å². The molecule has 0 radical (unpaired) electrons. The van der Waals surface area contributed by atoms with Crippen molar-refractivity contribution >= 4 is 22.2 Å². The minimum Gasteiger partial charge on any atom is -0.505 e. The largest absolute Gasteiger partial charge is 0.505 e. The van der Waals surface area contributed by atoms with Crippen molar-refractivity contribution in [2.75, 3.05) is 0 Å². The first kappa shape index (κ1) is 10.2. The summed E-state index contributed by atoms with van der Waals surface area (Å²) < 4.78 is 13.5. The van der Waals surface area contributed by atoms with Gasteiger partial charge in [0.25, 0.3) is 0 Å². The van der Waals surface area contributed by atoms with E-state index in [1.54, 1.807) is 6.07 Å². The summed E-state index contributed by atoms with van der Waals surface area (Å²) in [6.45, 7) is 0. The quantitative estimate of drug-likeness (QED) is 0.833. The number of halogens is 2. The Morgan fingerprint density at radius 1 is 1.54 bits per heavy atom. The van der Waals surface area contributed by atoms with Gasteiger partial charge in [-0.2, -0.15) is 0 Å². The number of aromatic hydroxyl groups is 1. The zero-order valence-corrected chi connectivity index (χ0v) is 8.34. The molecular weight excluding hydrogens is 239 g/mol. The van der Waals surface area contributed by atoms with E-state index in [0.29, 0.717) is 16.5 Å². The number of rotatable bonds is 3. The van der Waals surface area contributed by atoms with Gasteiger partial charge in [-0.05, 0) is 24.1 Å². The molecule has 0 saturated heterocycles. The lowest BCUT2D eigenvalue weighted by Crippen LogP contribution is -1.90. The number of benzene rings is 1. The van der Waals surface area contributed by atoms with Crippen LogP contribution in [0.5, 0.6) is 5.75 Å². The van der Waals surface area contributed by atoms with Crippen molar-refractivity contribution in [1.82, 2.24) is 0 Å². The minimum atomic E-state index is -0.671. The van der Waals surface area contributed by atoms with Gasteiger partial charge in [-0.1, -0.05) is 15.9 Å². The maximum absolute atomic E-state index is 12.9. The van der Waals surface area contributed by atoms with Crippen molar-refractivity contribution in [3.63, 3.8) is 0 Å². The van der Waals surface area contributed by atoms with Crippen LogP contribution in [0.15, 0.2) is 16.6 Å². The topological polar surface area (TPSA) is 37.3 Å². The number of aldehydes is 1. The van der Waals surface area contributed by atoms with Gasteiger partial charge in [0.15, 0.2) is 11.6 Å². The summed E-state index contributed by atoms with van der Waals surface area (Å²) in [6.07, 6.45) is 1.37. The molecule has 1 aromatic rings. The predicted molar refractivity (Wildman–Crippen MR) is 50.1 cm³/mol. The van der Waals surface area contributed by atoms with E-state index in [1.807, 2.05) is 0 Å². The number of phenolic OH excluding ortho intramolecular Hbond substituents is 1. The van der Waals surface area contributed by atoms with Gasteiger partial charge in [-0.3, -0.25) is 0 Å². The number of hydrogen-bond donors (Lipinski definition) is 1. The van der Waals surface area contributed by atoms with Gasteiger partial charge < -0.3 is 9.90 Å². The van der Waals surface area contributed by atoms with Crippen LogP contribution in [0.1, 0.15) is 12.0 Å². The van der Waals surface area contributed by atoms with Crippen LogP contribution in [0.25, 0.3) is 0 Å². The molecule has 4 heteroatoms. The Morgan fingerprint density at radius 3 is 2.85 bits per heavy atom. The molecular formula is C9H8BrFO2. The zero-order valence-electron chi connectivity index (χ0n) is 6.76. The van der Waals surface area contributed by atoms with Crippen molar-refractivity contribution in [3.8, 4) is 5.75 Å². The van der Waals surface area contributed by atoms with Crippen LogP contribution >= 0.6 is 15.9 Å². The molecule has 0 aromatic heterocycles. The molecule has 0 atom stereocenters. The highest BCUT2D eigenvalue weighted by atomic mass is 79.9. The summed E-state index contributed by atoms with van der Waals surface area (Å²) in [4.78, 5) is 10.1. The summed E-state index contributed by atoms with van der Waals surface area (Å²) >= 11 is 3.10. The zero-order chi connectivity index (χ0) is 9.84. The fourth-order valence-corrected chi connectivity index (χ4v) is 1.50. The number of carbonyl (C=O) groups excluding carboxylic acids is 1. The molecule has 0 aliphatic rings. The fraction of sp³-hybridized carbons (Fsp3) is 0.222. The summed E-state index contributed by atoms with van der Waals surface area (Å²) in [5.74, 6) is -1.04. The summed E-state index contributed by atoms with van der Waals surface area (Å²) in [7, 11) is 0. The molecule has 13 heavy (non-hydrogen) atoms. The lowest BCUT2D eigenvalue weighted by atomic mass is 10.1. The van der Waals surface area contributed by atoms with Crippen molar-refractivity contribution < 1.29 is 14.3 Å². The summed E-state index contributed by atoms with van der Waals surface area (Å²) in [5, 5.41) is 9.24. The third-order valence-electron chi connectivity index (χ3n) is 1.64. The molecule has 0 saturated carbocycles. The van der Waals surface area contributed by atoms with E-state index in [-0.39, 0.29) is 12.2 Å². The molecule has 1 N–H and O–H groups in total. The molecule has 1 aromatic carbocycles. The average Bonchev–Trinajstić information content (AvgIpc) is 2.09. The predicted octanol–water partition coefficient (Wildman–Crippen LogP) is 2.43. The van der Waals surface area contributed by atoms with Crippen LogP contribution in [-0.2, 0) is 11.2 Å². The highest BCUT2D eigenvalue weighted by Gasteiger charge is 2.08. The number of aryl methyl sites for hydroxylation is 1. The molecule has 0 aliphatic carbocycles. The van der Waals surface area contributed by atoms with Crippen LogP contribution in [0.2, 0.25) is 0 Å². The van der Waals surface area contributed by atoms with E-state index in [1.165, 1.54) is 6.07 Å². The average molecular weight is 247 g/mol. The second-order valence-electron chi connectivity index (χ2n) is 2.60. The Balaban J connectivity index is 2.98. The molecule has 1 rings (SSSR count). The van der Waals surface area contributed by atoms with E-state index < -0.39 is 5.82 Å². The Hall–Kier alpha value is -0.900. The van der Waals surface area contributed by atoms with Crippen molar-refractivity contribution in [2.24, 2.45) is 0 Å². The molecule has 0 unspecified atom stereocenters. The molecule has 70 valence electrons. The van der Waals surface area contributed by atoms with Gasteiger partial charge in [0.05, 0.1) is 0 Å². The Bertz CT molecular complexity index is 326. The molecule has 2 nitrogen and oxygen atoms in total.